The average Bonchev–Trinajstić information content (AvgIpc) is 2.96. The highest BCUT2D eigenvalue weighted by Gasteiger charge is 2.46. The summed E-state index contributed by atoms with van der Waals surface area (Å²) in [5.74, 6) is 0.270. The molecule has 0 aliphatic carbocycles. The molecule has 6 atom stereocenters. The van der Waals surface area contributed by atoms with E-state index in [0.29, 0.717) is 39.6 Å². The molecule has 0 aromatic heterocycles. The van der Waals surface area contributed by atoms with E-state index in [0.717, 1.165) is 16.7 Å². The zero-order valence-corrected chi connectivity index (χ0v) is 22.5. The Labute approximate surface area is 227 Å². The molecule has 1 saturated heterocycles. The molecule has 6 unspecified atom stereocenters. The summed E-state index contributed by atoms with van der Waals surface area (Å²) in [6, 6.07) is 30.5. The van der Waals surface area contributed by atoms with Crippen molar-refractivity contribution in [2.24, 2.45) is 11.7 Å². The lowest BCUT2D eigenvalue weighted by Crippen LogP contribution is -2.60. The lowest BCUT2D eigenvalue weighted by atomic mass is 9.94. The summed E-state index contributed by atoms with van der Waals surface area (Å²) in [5, 5.41) is 0. The van der Waals surface area contributed by atoms with Gasteiger partial charge in [0.15, 0.2) is 0 Å². The first kappa shape index (κ1) is 28.4. The van der Waals surface area contributed by atoms with Gasteiger partial charge in [0.05, 0.1) is 39.1 Å². The van der Waals surface area contributed by atoms with E-state index < -0.39 is 0 Å². The molecule has 1 aliphatic rings. The fraction of sp³-hybridized carbons (Fsp3) is 0.438. The van der Waals surface area contributed by atoms with Crippen LogP contribution in [0.3, 0.4) is 0 Å². The van der Waals surface area contributed by atoms with Crippen molar-refractivity contribution in [1.29, 1.82) is 0 Å². The van der Waals surface area contributed by atoms with Gasteiger partial charge in [-0.05, 0) is 36.1 Å². The highest BCUT2D eigenvalue weighted by Crippen LogP contribution is 2.30. The zero-order chi connectivity index (χ0) is 26.6. The van der Waals surface area contributed by atoms with Crippen molar-refractivity contribution in [3.8, 4) is 0 Å². The second-order valence-electron chi connectivity index (χ2n) is 10.0. The standard InChI is InChI=1S/C32H41NO5/c1-24(18-33)19-34-23-29-31(36-21-27-14-8-4-9-15-27)32(37-22-28-16-10-5-11-17-28)30(25(2)38-29)35-20-26-12-6-3-7-13-26/h3-17,24-25,29-32H,18-23,33H2,1-2H3. The maximum Gasteiger partial charge on any atom is 0.115 e. The van der Waals surface area contributed by atoms with Crippen LogP contribution in [0.15, 0.2) is 91.0 Å². The van der Waals surface area contributed by atoms with Crippen molar-refractivity contribution in [2.75, 3.05) is 19.8 Å². The maximum atomic E-state index is 6.61. The predicted molar refractivity (Wildman–Crippen MR) is 148 cm³/mol. The van der Waals surface area contributed by atoms with Crippen molar-refractivity contribution >= 4 is 0 Å². The van der Waals surface area contributed by atoms with Crippen LogP contribution in [0.2, 0.25) is 0 Å². The van der Waals surface area contributed by atoms with Crippen LogP contribution in [0.1, 0.15) is 30.5 Å². The van der Waals surface area contributed by atoms with Crippen molar-refractivity contribution < 1.29 is 23.7 Å². The van der Waals surface area contributed by atoms with Crippen molar-refractivity contribution in [2.45, 2.75) is 64.2 Å². The van der Waals surface area contributed by atoms with E-state index in [-0.39, 0.29) is 36.4 Å². The minimum atomic E-state index is -0.385. The fourth-order valence-electron chi connectivity index (χ4n) is 4.61. The van der Waals surface area contributed by atoms with E-state index in [1.165, 1.54) is 0 Å². The molecular formula is C32H41NO5. The molecule has 0 amide bonds. The minimum Gasteiger partial charge on any atom is -0.378 e. The van der Waals surface area contributed by atoms with Crippen molar-refractivity contribution in [1.82, 2.24) is 0 Å². The Hall–Kier alpha value is -2.58. The molecule has 3 aromatic carbocycles. The minimum absolute atomic E-state index is 0.211. The van der Waals surface area contributed by atoms with E-state index in [4.69, 9.17) is 29.4 Å². The summed E-state index contributed by atoms with van der Waals surface area (Å²) < 4.78 is 32.2. The predicted octanol–water partition coefficient (Wildman–Crippen LogP) is 5.14. The zero-order valence-electron chi connectivity index (χ0n) is 22.5. The summed E-state index contributed by atoms with van der Waals surface area (Å²) in [7, 11) is 0. The van der Waals surface area contributed by atoms with Crippen LogP contribution in [-0.2, 0) is 43.5 Å². The van der Waals surface area contributed by atoms with Crippen molar-refractivity contribution in [3.05, 3.63) is 108 Å². The number of benzene rings is 3. The Kier molecular flexibility index (Phi) is 11.3. The van der Waals surface area contributed by atoms with Gasteiger partial charge in [-0.3, -0.25) is 0 Å². The van der Waals surface area contributed by atoms with Crippen LogP contribution in [0.25, 0.3) is 0 Å². The van der Waals surface area contributed by atoms with Gasteiger partial charge in [0.1, 0.15) is 24.4 Å². The Bertz CT molecular complexity index is 1040. The van der Waals surface area contributed by atoms with Crippen LogP contribution in [0.5, 0.6) is 0 Å². The SMILES string of the molecule is CC(CN)COCC1OC(C)C(OCc2ccccc2)C(OCc2ccccc2)C1OCc1ccccc1. The largest absolute Gasteiger partial charge is 0.378 e. The van der Waals surface area contributed by atoms with Gasteiger partial charge in [-0.1, -0.05) is 97.9 Å². The van der Waals surface area contributed by atoms with Gasteiger partial charge in [-0.15, -0.1) is 0 Å². The Morgan fingerprint density at radius 1 is 0.684 bits per heavy atom. The second kappa shape index (κ2) is 15.1. The number of nitrogens with two attached hydrogens (primary N) is 1. The van der Waals surface area contributed by atoms with Gasteiger partial charge >= 0.3 is 0 Å². The van der Waals surface area contributed by atoms with Gasteiger partial charge < -0.3 is 29.4 Å². The van der Waals surface area contributed by atoms with Crippen LogP contribution >= 0.6 is 0 Å². The number of hydrogen-bond acceptors (Lipinski definition) is 6. The van der Waals surface area contributed by atoms with Gasteiger partial charge in [0, 0.05) is 0 Å². The Morgan fingerprint density at radius 2 is 1.13 bits per heavy atom. The molecule has 1 aliphatic heterocycles. The molecule has 38 heavy (non-hydrogen) atoms. The van der Waals surface area contributed by atoms with Crippen LogP contribution in [-0.4, -0.2) is 50.3 Å². The van der Waals surface area contributed by atoms with Crippen LogP contribution in [0.4, 0.5) is 0 Å². The highest BCUT2D eigenvalue weighted by atomic mass is 16.6. The molecule has 204 valence electrons. The lowest BCUT2D eigenvalue weighted by Gasteiger charge is -2.45. The molecule has 2 N–H and O–H groups in total. The first-order valence-corrected chi connectivity index (χ1v) is 13.5. The van der Waals surface area contributed by atoms with E-state index in [1.807, 2.05) is 61.5 Å². The van der Waals surface area contributed by atoms with E-state index in [2.05, 4.69) is 43.3 Å². The second-order valence-corrected chi connectivity index (χ2v) is 10.0. The lowest BCUT2D eigenvalue weighted by molar-refractivity contribution is -0.268. The van der Waals surface area contributed by atoms with Gasteiger partial charge in [-0.25, -0.2) is 0 Å². The van der Waals surface area contributed by atoms with E-state index in [9.17, 15) is 0 Å². The number of ether oxygens (including phenoxy) is 5. The Morgan fingerprint density at radius 3 is 1.61 bits per heavy atom. The Balaban J connectivity index is 1.55. The summed E-state index contributed by atoms with van der Waals surface area (Å²) >= 11 is 0. The summed E-state index contributed by atoms with van der Waals surface area (Å²) in [6.07, 6.45) is -1.58. The summed E-state index contributed by atoms with van der Waals surface area (Å²) in [5.41, 5.74) is 9.08. The molecule has 4 rings (SSSR count). The summed E-state index contributed by atoms with van der Waals surface area (Å²) in [6.45, 7) is 7.01. The van der Waals surface area contributed by atoms with Crippen LogP contribution < -0.4 is 5.73 Å². The third kappa shape index (κ3) is 8.46. The van der Waals surface area contributed by atoms with E-state index in [1.54, 1.807) is 0 Å². The van der Waals surface area contributed by atoms with Gasteiger partial charge in [-0.2, -0.15) is 0 Å². The molecule has 0 radical (unpaired) electrons. The molecule has 1 heterocycles. The van der Waals surface area contributed by atoms with Crippen molar-refractivity contribution in [3.63, 3.8) is 0 Å². The number of hydrogen-bond donors (Lipinski definition) is 1. The first-order valence-electron chi connectivity index (χ1n) is 13.5. The number of rotatable bonds is 14. The molecule has 6 nitrogen and oxygen atoms in total. The average molecular weight is 520 g/mol. The van der Waals surface area contributed by atoms with Gasteiger partial charge in [0.25, 0.3) is 0 Å². The third-order valence-electron chi connectivity index (χ3n) is 6.81. The third-order valence-corrected chi connectivity index (χ3v) is 6.81. The molecule has 0 saturated carbocycles. The maximum absolute atomic E-state index is 6.61. The van der Waals surface area contributed by atoms with Gasteiger partial charge in [0.2, 0.25) is 0 Å². The molecule has 6 heteroatoms. The normalized spacial score (nSPS) is 24.2. The molecule has 0 spiro atoms. The molecule has 3 aromatic rings. The smallest absolute Gasteiger partial charge is 0.115 e. The first-order chi connectivity index (χ1) is 18.6. The molecule has 1 fully saturated rings. The fourth-order valence-corrected chi connectivity index (χ4v) is 4.61. The summed E-state index contributed by atoms with van der Waals surface area (Å²) in [4.78, 5) is 0. The molecule has 0 bridgehead atoms. The highest BCUT2D eigenvalue weighted by molar-refractivity contribution is 5.15. The van der Waals surface area contributed by atoms with E-state index >= 15 is 0 Å². The van der Waals surface area contributed by atoms with Crippen LogP contribution in [0, 0.1) is 5.92 Å². The quantitative estimate of drug-likeness (QED) is 0.318. The monoisotopic (exact) mass is 519 g/mol. The topological polar surface area (TPSA) is 72.2 Å². The molecular weight excluding hydrogens is 478 g/mol.